The van der Waals surface area contributed by atoms with E-state index in [-0.39, 0.29) is 0 Å². The molecule has 0 spiro atoms. The second kappa shape index (κ2) is 3.78. The van der Waals surface area contributed by atoms with Crippen LogP contribution in [-0.2, 0) is 0 Å². The number of para-hydroxylation sites is 1. The van der Waals surface area contributed by atoms with Gasteiger partial charge >= 0.3 is 0 Å². The lowest BCUT2D eigenvalue weighted by Crippen LogP contribution is -1.94. The normalized spacial score (nSPS) is 15.3. The summed E-state index contributed by atoms with van der Waals surface area (Å²) >= 11 is 0. The molecule has 1 aromatic carbocycles. The number of nitrogens with zero attached hydrogens (tertiary/aromatic N) is 1. The van der Waals surface area contributed by atoms with Crippen LogP contribution in [0.15, 0.2) is 30.5 Å². The number of aromatic nitrogens is 1. The number of fused-ring (bicyclic) bond motifs is 1. The van der Waals surface area contributed by atoms with E-state index in [1.807, 2.05) is 19.2 Å². The minimum atomic E-state index is 0.701. The molecule has 1 aromatic heterocycles. The number of hydrogen-bond acceptors (Lipinski definition) is 2. The molecule has 1 fully saturated rings. The third-order valence-corrected chi connectivity index (χ3v) is 3.08. The first-order chi connectivity index (χ1) is 7.90. The topological polar surface area (TPSA) is 22.1 Å². The van der Waals surface area contributed by atoms with Gasteiger partial charge in [0.15, 0.2) is 0 Å². The summed E-state index contributed by atoms with van der Waals surface area (Å²) < 4.78 is 5.63. The quantitative estimate of drug-likeness (QED) is 0.778. The first-order valence-corrected chi connectivity index (χ1v) is 5.90. The van der Waals surface area contributed by atoms with Crippen LogP contribution >= 0.6 is 0 Å². The number of ether oxygens (including phenoxy) is 1. The Balaban J connectivity index is 2.20. The third kappa shape index (κ3) is 1.54. The highest BCUT2D eigenvalue weighted by molar-refractivity contribution is 5.88. The van der Waals surface area contributed by atoms with Crippen molar-refractivity contribution in [3.05, 3.63) is 36.0 Å². The van der Waals surface area contributed by atoms with Crippen molar-refractivity contribution >= 4 is 10.9 Å². The van der Waals surface area contributed by atoms with Crippen LogP contribution in [0.25, 0.3) is 10.9 Å². The van der Waals surface area contributed by atoms with Gasteiger partial charge in [0, 0.05) is 11.6 Å². The van der Waals surface area contributed by atoms with Gasteiger partial charge in [0.2, 0.25) is 0 Å². The van der Waals surface area contributed by atoms with E-state index in [1.54, 1.807) is 0 Å². The monoisotopic (exact) mass is 213 g/mol. The Morgan fingerprint density at radius 1 is 1.31 bits per heavy atom. The van der Waals surface area contributed by atoms with E-state index < -0.39 is 0 Å². The Morgan fingerprint density at radius 3 is 2.94 bits per heavy atom. The van der Waals surface area contributed by atoms with Gasteiger partial charge in [-0.1, -0.05) is 12.1 Å². The van der Waals surface area contributed by atoms with Crippen LogP contribution in [-0.4, -0.2) is 11.6 Å². The molecule has 0 atom stereocenters. The minimum absolute atomic E-state index is 0.701. The molecule has 0 N–H and O–H groups in total. The highest BCUT2D eigenvalue weighted by Gasteiger charge is 2.26. The molecule has 3 rings (SSSR count). The van der Waals surface area contributed by atoms with Gasteiger partial charge < -0.3 is 4.74 Å². The summed E-state index contributed by atoms with van der Waals surface area (Å²) in [6, 6.07) is 8.35. The van der Waals surface area contributed by atoms with Crippen LogP contribution in [0, 0.1) is 0 Å². The van der Waals surface area contributed by atoms with Gasteiger partial charge in [0.1, 0.15) is 5.75 Å². The molecule has 2 heteroatoms. The molecule has 0 radical (unpaired) electrons. The molecule has 1 aliphatic carbocycles. The summed E-state index contributed by atoms with van der Waals surface area (Å²) in [7, 11) is 0. The van der Waals surface area contributed by atoms with E-state index in [9.17, 15) is 0 Å². The molecule has 1 aliphatic rings. The molecular formula is C14H15NO. The lowest BCUT2D eigenvalue weighted by molar-refractivity contribution is 0.344. The zero-order chi connectivity index (χ0) is 11.0. The highest BCUT2D eigenvalue weighted by atomic mass is 16.5. The lowest BCUT2D eigenvalue weighted by atomic mass is 10.1. The molecule has 1 saturated carbocycles. The Kier molecular flexibility index (Phi) is 2.28. The number of rotatable bonds is 3. The van der Waals surface area contributed by atoms with Crippen LogP contribution in [0.3, 0.4) is 0 Å². The van der Waals surface area contributed by atoms with Gasteiger partial charge in [0.25, 0.3) is 0 Å². The third-order valence-electron chi connectivity index (χ3n) is 3.08. The predicted octanol–water partition coefficient (Wildman–Crippen LogP) is 3.51. The molecule has 0 aliphatic heterocycles. The van der Waals surface area contributed by atoms with Crippen molar-refractivity contribution in [3.63, 3.8) is 0 Å². The maximum Gasteiger partial charge on any atom is 0.130 e. The van der Waals surface area contributed by atoms with Crippen molar-refractivity contribution < 1.29 is 4.74 Å². The molecule has 0 saturated heterocycles. The Bertz CT molecular complexity index is 517. The van der Waals surface area contributed by atoms with Gasteiger partial charge in [-0.05, 0) is 43.4 Å². The summed E-state index contributed by atoms with van der Waals surface area (Å²) in [5.41, 5.74) is 2.51. The van der Waals surface area contributed by atoms with Gasteiger partial charge in [-0.25, -0.2) is 0 Å². The molecule has 1 heterocycles. The molecule has 0 bridgehead atoms. The predicted molar refractivity (Wildman–Crippen MR) is 64.9 cm³/mol. The summed E-state index contributed by atoms with van der Waals surface area (Å²) in [6.45, 7) is 2.71. The summed E-state index contributed by atoms with van der Waals surface area (Å²) in [5.74, 6) is 1.68. The van der Waals surface area contributed by atoms with E-state index >= 15 is 0 Å². The van der Waals surface area contributed by atoms with E-state index in [1.165, 1.54) is 18.4 Å². The fraction of sp³-hybridized carbons (Fsp3) is 0.357. The zero-order valence-corrected chi connectivity index (χ0v) is 9.44. The van der Waals surface area contributed by atoms with Crippen molar-refractivity contribution in [2.45, 2.75) is 25.7 Å². The smallest absolute Gasteiger partial charge is 0.130 e. The fourth-order valence-electron chi connectivity index (χ4n) is 2.18. The molecule has 0 amide bonds. The summed E-state index contributed by atoms with van der Waals surface area (Å²) in [6.07, 6.45) is 4.46. The van der Waals surface area contributed by atoms with Gasteiger partial charge in [-0.15, -0.1) is 0 Å². The van der Waals surface area contributed by atoms with Crippen molar-refractivity contribution in [1.82, 2.24) is 4.98 Å². The molecule has 2 aromatic rings. The van der Waals surface area contributed by atoms with Crippen LogP contribution in [0.4, 0.5) is 0 Å². The largest absolute Gasteiger partial charge is 0.493 e. The fourth-order valence-corrected chi connectivity index (χ4v) is 2.18. The lowest BCUT2D eigenvalue weighted by Gasteiger charge is -2.09. The van der Waals surface area contributed by atoms with Crippen molar-refractivity contribution in [2.75, 3.05) is 6.61 Å². The molecule has 2 nitrogen and oxygen atoms in total. The Morgan fingerprint density at radius 2 is 2.19 bits per heavy atom. The van der Waals surface area contributed by atoms with Crippen molar-refractivity contribution in [3.8, 4) is 5.75 Å². The Labute approximate surface area is 95.3 Å². The maximum absolute atomic E-state index is 5.63. The maximum atomic E-state index is 5.63. The molecule has 0 unspecified atom stereocenters. The molecular weight excluding hydrogens is 198 g/mol. The second-order valence-electron chi connectivity index (χ2n) is 4.26. The van der Waals surface area contributed by atoms with E-state index in [4.69, 9.17) is 4.74 Å². The zero-order valence-electron chi connectivity index (χ0n) is 9.44. The average molecular weight is 213 g/mol. The number of hydrogen-bond donors (Lipinski definition) is 0. The molecule has 16 heavy (non-hydrogen) atoms. The van der Waals surface area contributed by atoms with Crippen molar-refractivity contribution in [2.24, 2.45) is 0 Å². The van der Waals surface area contributed by atoms with E-state index in [0.717, 1.165) is 22.6 Å². The Hall–Kier alpha value is -1.57. The van der Waals surface area contributed by atoms with Crippen molar-refractivity contribution in [1.29, 1.82) is 0 Å². The minimum Gasteiger partial charge on any atom is -0.493 e. The van der Waals surface area contributed by atoms with Gasteiger partial charge in [0.05, 0.1) is 12.1 Å². The number of benzene rings is 1. The highest BCUT2D eigenvalue weighted by Crippen LogP contribution is 2.43. The van der Waals surface area contributed by atoms with Gasteiger partial charge in [-0.2, -0.15) is 0 Å². The van der Waals surface area contributed by atoms with Crippen LogP contribution in [0.1, 0.15) is 31.2 Å². The average Bonchev–Trinajstić information content (AvgIpc) is 3.13. The van der Waals surface area contributed by atoms with Crippen LogP contribution in [0.5, 0.6) is 5.75 Å². The van der Waals surface area contributed by atoms with Crippen LogP contribution in [0.2, 0.25) is 0 Å². The second-order valence-corrected chi connectivity index (χ2v) is 4.26. The summed E-state index contributed by atoms with van der Waals surface area (Å²) in [5, 5.41) is 1.15. The standard InChI is InChI=1S/C14H15NO/c1-2-16-13-8-9-15-14-11(10-6-7-10)4-3-5-12(13)14/h3-5,8-10H,2,6-7H2,1H3. The first-order valence-electron chi connectivity index (χ1n) is 5.90. The SMILES string of the molecule is CCOc1ccnc2c(C3CC3)cccc12. The van der Waals surface area contributed by atoms with Gasteiger partial charge in [-0.3, -0.25) is 4.98 Å². The number of pyridine rings is 1. The first kappa shape index (κ1) is 9.64. The molecule has 82 valence electrons. The van der Waals surface area contributed by atoms with E-state index in [0.29, 0.717) is 6.61 Å². The summed E-state index contributed by atoms with van der Waals surface area (Å²) in [4.78, 5) is 4.51. The van der Waals surface area contributed by atoms with E-state index in [2.05, 4.69) is 23.2 Å². The van der Waals surface area contributed by atoms with Crippen LogP contribution < -0.4 is 4.74 Å².